The van der Waals surface area contributed by atoms with Gasteiger partial charge in [0.15, 0.2) is 0 Å². The van der Waals surface area contributed by atoms with Gasteiger partial charge in [-0.25, -0.2) is 18.4 Å². The molecule has 168 valence electrons. The molecular weight excluding hydrogens is 440 g/mol. The molecule has 0 spiro atoms. The van der Waals surface area contributed by atoms with Crippen LogP contribution in [0.25, 0.3) is 21.9 Å². The van der Waals surface area contributed by atoms with Crippen LogP contribution >= 0.6 is 0 Å². The highest BCUT2D eigenvalue weighted by molar-refractivity contribution is 7.91. The number of benzene rings is 2. The van der Waals surface area contributed by atoms with Crippen molar-refractivity contribution in [2.24, 2.45) is 0 Å². The molecule has 3 heterocycles. The Labute approximate surface area is 190 Å². The molecule has 3 N–H and O–H groups in total. The first-order valence-corrected chi connectivity index (χ1v) is 11.9. The molecule has 5 aromatic rings. The molecule has 3 aromatic heterocycles. The fraction of sp³-hybridized carbons (Fsp3) is 0.174. The first-order valence-electron chi connectivity index (χ1n) is 10.4. The van der Waals surface area contributed by atoms with E-state index in [-0.39, 0.29) is 16.0 Å². The first kappa shape index (κ1) is 21.0. The van der Waals surface area contributed by atoms with Crippen molar-refractivity contribution in [3.63, 3.8) is 0 Å². The van der Waals surface area contributed by atoms with E-state index in [9.17, 15) is 8.42 Å². The summed E-state index contributed by atoms with van der Waals surface area (Å²) in [7, 11) is -3.74. The smallest absolute Gasteiger partial charge is 0.221 e. The number of aryl methyl sites for hydroxylation is 1. The van der Waals surface area contributed by atoms with Gasteiger partial charge < -0.3 is 15.0 Å². The van der Waals surface area contributed by atoms with Crippen LogP contribution in [0, 0.1) is 6.92 Å². The van der Waals surface area contributed by atoms with E-state index in [1.807, 2.05) is 32.9 Å². The predicted octanol–water partition coefficient (Wildman–Crippen LogP) is 4.51. The molecule has 0 aliphatic heterocycles. The third-order valence-corrected chi connectivity index (χ3v) is 6.87. The van der Waals surface area contributed by atoms with Crippen molar-refractivity contribution in [2.75, 3.05) is 5.32 Å². The van der Waals surface area contributed by atoms with Gasteiger partial charge in [0, 0.05) is 11.5 Å². The lowest BCUT2D eigenvalue weighted by Gasteiger charge is -2.15. The standard InChI is InChI=1S/C23H22N6O3S/c1-13(2)32-20-10-18-15(11-26-29-18)8-19(20)27-22-17-9-21(28-23(17)25-12-24-22)33(30,31)16-6-4-14(3)5-7-16/h4-13H,1-3H3,(H,26,29)(H2,24,25,27,28). The highest BCUT2D eigenvalue weighted by atomic mass is 32.2. The maximum absolute atomic E-state index is 13.1. The topological polar surface area (TPSA) is 126 Å². The Balaban J connectivity index is 1.58. The van der Waals surface area contributed by atoms with Crippen molar-refractivity contribution < 1.29 is 13.2 Å². The van der Waals surface area contributed by atoms with Gasteiger partial charge in [-0.05, 0) is 45.0 Å². The van der Waals surface area contributed by atoms with E-state index in [1.165, 1.54) is 6.33 Å². The van der Waals surface area contributed by atoms with Crippen LogP contribution in [0.3, 0.4) is 0 Å². The number of H-pyrrole nitrogens is 2. The molecule has 0 bridgehead atoms. The van der Waals surface area contributed by atoms with E-state index >= 15 is 0 Å². The van der Waals surface area contributed by atoms with Gasteiger partial charge in [-0.3, -0.25) is 5.10 Å². The zero-order valence-electron chi connectivity index (χ0n) is 18.2. The Morgan fingerprint density at radius 2 is 1.85 bits per heavy atom. The second-order valence-electron chi connectivity index (χ2n) is 8.03. The number of anilines is 2. The highest BCUT2D eigenvalue weighted by Crippen LogP contribution is 2.35. The molecule has 0 saturated heterocycles. The van der Waals surface area contributed by atoms with Crippen molar-refractivity contribution in [1.82, 2.24) is 25.1 Å². The summed E-state index contributed by atoms with van der Waals surface area (Å²) in [6.07, 6.45) is 3.05. The maximum atomic E-state index is 13.1. The minimum absolute atomic E-state index is 0.0464. The van der Waals surface area contributed by atoms with E-state index in [2.05, 4.69) is 30.5 Å². The van der Waals surface area contributed by atoms with Gasteiger partial charge in [0.2, 0.25) is 9.84 Å². The maximum Gasteiger partial charge on any atom is 0.221 e. The molecule has 0 aliphatic rings. The normalized spacial score (nSPS) is 12.0. The third-order valence-electron chi connectivity index (χ3n) is 5.18. The molecule has 0 atom stereocenters. The molecule has 0 unspecified atom stereocenters. The minimum atomic E-state index is -3.74. The number of aromatic amines is 2. The van der Waals surface area contributed by atoms with E-state index < -0.39 is 9.84 Å². The summed E-state index contributed by atoms with van der Waals surface area (Å²) in [5, 5.41) is 11.8. The minimum Gasteiger partial charge on any atom is -0.489 e. The van der Waals surface area contributed by atoms with Gasteiger partial charge in [0.05, 0.1) is 33.8 Å². The number of hydrogen-bond donors (Lipinski definition) is 3. The molecule has 5 rings (SSSR count). The van der Waals surface area contributed by atoms with Crippen molar-refractivity contribution in [3.8, 4) is 5.75 Å². The molecular formula is C23H22N6O3S. The van der Waals surface area contributed by atoms with Crippen LogP contribution in [-0.2, 0) is 9.84 Å². The third kappa shape index (κ3) is 3.89. The molecule has 0 fully saturated rings. The molecule has 0 amide bonds. The molecule has 0 aliphatic carbocycles. The van der Waals surface area contributed by atoms with E-state index in [1.54, 1.807) is 36.5 Å². The summed E-state index contributed by atoms with van der Waals surface area (Å²) < 4.78 is 32.3. The Kier molecular flexibility index (Phi) is 5.01. The second kappa shape index (κ2) is 7.89. The van der Waals surface area contributed by atoms with Crippen LogP contribution in [0.15, 0.2) is 64.9 Å². The average molecular weight is 463 g/mol. The van der Waals surface area contributed by atoms with Gasteiger partial charge in [-0.15, -0.1) is 0 Å². The van der Waals surface area contributed by atoms with Crippen molar-refractivity contribution in [3.05, 3.63) is 60.6 Å². The molecule has 33 heavy (non-hydrogen) atoms. The Morgan fingerprint density at radius 3 is 2.61 bits per heavy atom. The summed E-state index contributed by atoms with van der Waals surface area (Å²) in [5.74, 6) is 1.08. The quantitative estimate of drug-likeness (QED) is 0.339. The number of nitrogens with one attached hydrogen (secondary N) is 3. The average Bonchev–Trinajstić information content (AvgIpc) is 3.41. The Hall–Kier alpha value is -3.92. The summed E-state index contributed by atoms with van der Waals surface area (Å²) >= 11 is 0. The lowest BCUT2D eigenvalue weighted by Crippen LogP contribution is -2.08. The molecule has 0 saturated carbocycles. The summed E-state index contributed by atoms with van der Waals surface area (Å²) in [4.78, 5) is 11.7. The largest absolute Gasteiger partial charge is 0.489 e. The molecule has 10 heteroatoms. The Bertz CT molecular complexity index is 1570. The van der Waals surface area contributed by atoms with Crippen LogP contribution < -0.4 is 10.1 Å². The van der Waals surface area contributed by atoms with Crippen molar-refractivity contribution >= 4 is 43.3 Å². The van der Waals surface area contributed by atoms with Crippen LogP contribution in [-0.4, -0.2) is 39.7 Å². The number of hydrogen-bond acceptors (Lipinski definition) is 7. The first-order chi connectivity index (χ1) is 15.8. The molecule has 0 radical (unpaired) electrons. The van der Waals surface area contributed by atoms with Gasteiger partial charge in [0.25, 0.3) is 0 Å². The van der Waals surface area contributed by atoms with Crippen LogP contribution in [0.4, 0.5) is 11.5 Å². The number of ether oxygens (including phenoxy) is 1. The number of aromatic nitrogens is 5. The fourth-order valence-electron chi connectivity index (χ4n) is 3.55. The zero-order valence-corrected chi connectivity index (χ0v) is 19.1. The second-order valence-corrected chi connectivity index (χ2v) is 9.95. The molecule has 2 aromatic carbocycles. The van der Waals surface area contributed by atoms with E-state index in [4.69, 9.17) is 4.74 Å². The number of fused-ring (bicyclic) bond motifs is 2. The van der Waals surface area contributed by atoms with Crippen LogP contribution in [0.2, 0.25) is 0 Å². The zero-order chi connectivity index (χ0) is 23.2. The lowest BCUT2D eigenvalue weighted by molar-refractivity contribution is 0.244. The SMILES string of the molecule is Cc1ccc(S(=O)(=O)c2cc3c(Nc4cc5cn[nH]c5cc4OC(C)C)ncnc3[nH]2)cc1. The molecule has 9 nitrogen and oxygen atoms in total. The highest BCUT2D eigenvalue weighted by Gasteiger charge is 2.22. The lowest BCUT2D eigenvalue weighted by atomic mass is 10.2. The Morgan fingerprint density at radius 1 is 1.06 bits per heavy atom. The van der Waals surface area contributed by atoms with Gasteiger partial charge >= 0.3 is 0 Å². The van der Waals surface area contributed by atoms with E-state index in [0.717, 1.165) is 16.5 Å². The van der Waals surface area contributed by atoms with Crippen molar-refractivity contribution in [2.45, 2.75) is 36.8 Å². The predicted molar refractivity (Wildman–Crippen MR) is 126 cm³/mol. The van der Waals surface area contributed by atoms with Gasteiger partial charge in [-0.1, -0.05) is 17.7 Å². The monoisotopic (exact) mass is 462 g/mol. The number of nitrogens with zero attached hydrogens (tertiary/aromatic N) is 3. The summed E-state index contributed by atoms with van der Waals surface area (Å²) in [6.45, 7) is 5.79. The summed E-state index contributed by atoms with van der Waals surface area (Å²) in [6, 6.07) is 12.0. The van der Waals surface area contributed by atoms with Crippen LogP contribution in [0.1, 0.15) is 19.4 Å². The fourth-order valence-corrected chi connectivity index (χ4v) is 4.81. The number of rotatable bonds is 6. The van der Waals surface area contributed by atoms with E-state index in [0.29, 0.717) is 28.3 Å². The summed E-state index contributed by atoms with van der Waals surface area (Å²) in [5.41, 5.74) is 2.92. The van der Waals surface area contributed by atoms with Gasteiger partial charge in [0.1, 0.15) is 28.6 Å². The van der Waals surface area contributed by atoms with Gasteiger partial charge in [-0.2, -0.15) is 5.10 Å². The van der Waals surface area contributed by atoms with Crippen LogP contribution in [0.5, 0.6) is 5.75 Å². The number of sulfone groups is 1. The van der Waals surface area contributed by atoms with Crippen molar-refractivity contribution in [1.29, 1.82) is 0 Å².